The molecule has 1 atom stereocenters. The zero-order valence-corrected chi connectivity index (χ0v) is 6.40. The number of carbonyl (C=O) groups is 1. The van der Waals surface area contributed by atoms with Crippen LogP contribution in [0.25, 0.3) is 0 Å². The monoisotopic (exact) mass is 174 g/mol. The predicted octanol–water partition coefficient (Wildman–Crippen LogP) is 0.575. The summed E-state index contributed by atoms with van der Waals surface area (Å²) in [6.07, 6.45) is 3.24. The maximum atomic E-state index is 10.3. The summed E-state index contributed by atoms with van der Waals surface area (Å²) in [5.74, 6) is -1.03. The van der Waals surface area contributed by atoms with Crippen LogP contribution in [0.4, 0.5) is 0 Å². The number of alkyl halides is 1. The Morgan fingerprint density at radius 2 is 2.55 bits per heavy atom. The fourth-order valence-corrected chi connectivity index (χ4v) is 0.792. The van der Waals surface area contributed by atoms with E-state index in [9.17, 15) is 4.79 Å². The number of carboxylic acids is 1. The smallest absolute Gasteiger partial charge is 0.323 e. The molecule has 0 fully saturated rings. The van der Waals surface area contributed by atoms with Gasteiger partial charge in [0.25, 0.3) is 0 Å². The lowest BCUT2D eigenvalue weighted by Gasteiger charge is -2.02. The van der Waals surface area contributed by atoms with Gasteiger partial charge in [0.05, 0.1) is 6.54 Å². The van der Waals surface area contributed by atoms with Crippen molar-refractivity contribution in [1.29, 1.82) is 0 Å². The fourth-order valence-electron chi connectivity index (χ4n) is 0.651. The zero-order valence-electron chi connectivity index (χ0n) is 5.64. The average Bonchev–Trinajstić information content (AvgIpc) is 2.39. The molecule has 0 aliphatic rings. The first-order chi connectivity index (χ1) is 5.20. The van der Waals surface area contributed by atoms with E-state index in [4.69, 9.17) is 16.7 Å². The lowest BCUT2D eigenvalue weighted by Crippen LogP contribution is -2.20. The van der Waals surface area contributed by atoms with Crippen molar-refractivity contribution in [3.63, 3.8) is 0 Å². The minimum absolute atomic E-state index is 0.198. The van der Waals surface area contributed by atoms with E-state index in [1.807, 2.05) is 0 Å². The SMILES string of the molecule is O=C(O)C(Cl)Cn1cccn1. The molecule has 1 heterocycles. The normalized spacial score (nSPS) is 12.8. The zero-order chi connectivity index (χ0) is 8.27. The molecule has 1 N–H and O–H groups in total. The lowest BCUT2D eigenvalue weighted by molar-refractivity contribution is -0.136. The van der Waals surface area contributed by atoms with Crippen molar-refractivity contribution < 1.29 is 9.90 Å². The molecule has 60 valence electrons. The van der Waals surface area contributed by atoms with Gasteiger partial charge in [-0.3, -0.25) is 9.48 Å². The molecule has 0 aliphatic carbocycles. The van der Waals surface area contributed by atoms with Gasteiger partial charge in [-0.25, -0.2) is 0 Å². The van der Waals surface area contributed by atoms with Crippen LogP contribution in [0.3, 0.4) is 0 Å². The molecule has 5 heteroatoms. The molecule has 4 nitrogen and oxygen atoms in total. The second-order valence-corrected chi connectivity index (χ2v) is 2.56. The summed E-state index contributed by atoms with van der Waals surface area (Å²) in [7, 11) is 0. The Balaban J connectivity index is 2.50. The number of halogens is 1. The molecule has 1 rings (SSSR count). The van der Waals surface area contributed by atoms with Gasteiger partial charge in [0.1, 0.15) is 0 Å². The standard InChI is InChI=1S/C6H7ClN2O2/c7-5(6(10)11)4-9-3-1-2-8-9/h1-3,5H,4H2,(H,10,11). The van der Waals surface area contributed by atoms with Gasteiger partial charge in [0, 0.05) is 12.4 Å². The molecular formula is C6H7ClN2O2. The highest BCUT2D eigenvalue weighted by Gasteiger charge is 2.13. The third kappa shape index (κ3) is 2.23. The van der Waals surface area contributed by atoms with Gasteiger partial charge < -0.3 is 5.11 Å². The van der Waals surface area contributed by atoms with E-state index in [1.54, 1.807) is 18.5 Å². The molecule has 0 aliphatic heterocycles. The quantitative estimate of drug-likeness (QED) is 0.682. The van der Waals surface area contributed by atoms with Crippen LogP contribution in [-0.2, 0) is 11.3 Å². The Bertz CT molecular complexity index is 235. The number of nitrogens with zero attached hydrogens (tertiary/aromatic N) is 2. The Hall–Kier alpha value is -1.03. The number of hydrogen-bond acceptors (Lipinski definition) is 2. The van der Waals surface area contributed by atoms with Crippen LogP contribution in [0.5, 0.6) is 0 Å². The van der Waals surface area contributed by atoms with Crippen LogP contribution < -0.4 is 0 Å². The third-order valence-electron chi connectivity index (χ3n) is 1.17. The minimum atomic E-state index is -1.03. The van der Waals surface area contributed by atoms with Crippen molar-refractivity contribution in [2.45, 2.75) is 11.9 Å². The lowest BCUT2D eigenvalue weighted by atomic mass is 10.4. The summed E-state index contributed by atoms with van der Waals surface area (Å²) < 4.78 is 1.48. The maximum Gasteiger partial charge on any atom is 0.323 e. The molecule has 1 aromatic heterocycles. The summed E-state index contributed by atoms with van der Waals surface area (Å²) in [6.45, 7) is 0.198. The van der Waals surface area contributed by atoms with Gasteiger partial charge in [0.15, 0.2) is 5.38 Å². The Kier molecular flexibility index (Phi) is 2.48. The number of aliphatic carboxylic acids is 1. The summed E-state index contributed by atoms with van der Waals surface area (Å²) in [4.78, 5) is 10.3. The molecule has 0 amide bonds. The summed E-state index contributed by atoms with van der Waals surface area (Å²) in [6, 6.07) is 1.71. The van der Waals surface area contributed by atoms with Crippen LogP contribution in [-0.4, -0.2) is 26.2 Å². The van der Waals surface area contributed by atoms with Gasteiger partial charge in [-0.05, 0) is 6.07 Å². The molecule has 0 aromatic carbocycles. The van der Waals surface area contributed by atoms with E-state index in [2.05, 4.69) is 5.10 Å². The van der Waals surface area contributed by atoms with E-state index >= 15 is 0 Å². The molecule has 11 heavy (non-hydrogen) atoms. The fraction of sp³-hybridized carbons (Fsp3) is 0.333. The molecule has 0 radical (unpaired) electrons. The van der Waals surface area contributed by atoms with E-state index in [0.717, 1.165) is 0 Å². The van der Waals surface area contributed by atoms with Crippen molar-refractivity contribution in [2.24, 2.45) is 0 Å². The molecule has 0 spiro atoms. The van der Waals surface area contributed by atoms with Crippen LogP contribution in [0.1, 0.15) is 0 Å². The van der Waals surface area contributed by atoms with E-state index < -0.39 is 11.3 Å². The van der Waals surface area contributed by atoms with Crippen molar-refractivity contribution in [2.75, 3.05) is 0 Å². The second-order valence-electron chi connectivity index (χ2n) is 2.03. The number of aromatic nitrogens is 2. The van der Waals surface area contributed by atoms with Gasteiger partial charge in [-0.15, -0.1) is 11.6 Å². The number of rotatable bonds is 3. The van der Waals surface area contributed by atoms with Crippen LogP contribution in [0.2, 0.25) is 0 Å². The van der Waals surface area contributed by atoms with E-state index in [-0.39, 0.29) is 6.54 Å². The highest BCUT2D eigenvalue weighted by molar-refractivity contribution is 6.29. The first-order valence-corrected chi connectivity index (χ1v) is 3.48. The topological polar surface area (TPSA) is 55.1 Å². The van der Waals surface area contributed by atoms with Crippen LogP contribution >= 0.6 is 11.6 Å². The van der Waals surface area contributed by atoms with Crippen molar-refractivity contribution >= 4 is 17.6 Å². The Morgan fingerprint density at radius 3 is 3.00 bits per heavy atom. The summed E-state index contributed by atoms with van der Waals surface area (Å²) in [5, 5.41) is 11.3. The number of carboxylic acid groups (broad SMARTS) is 1. The molecule has 1 aromatic rings. The van der Waals surface area contributed by atoms with Crippen LogP contribution in [0.15, 0.2) is 18.5 Å². The minimum Gasteiger partial charge on any atom is -0.480 e. The van der Waals surface area contributed by atoms with Crippen molar-refractivity contribution in [3.05, 3.63) is 18.5 Å². The predicted molar refractivity (Wildman–Crippen MR) is 39.5 cm³/mol. The number of hydrogen-bond donors (Lipinski definition) is 1. The molecular weight excluding hydrogens is 168 g/mol. The van der Waals surface area contributed by atoms with E-state index in [0.29, 0.717) is 0 Å². The van der Waals surface area contributed by atoms with Gasteiger partial charge >= 0.3 is 5.97 Å². The molecule has 0 saturated heterocycles. The van der Waals surface area contributed by atoms with Gasteiger partial charge in [0.2, 0.25) is 0 Å². The maximum absolute atomic E-state index is 10.3. The highest BCUT2D eigenvalue weighted by atomic mass is 35.5. The summed E-state index contributed by atoms with van der Waals surface area (Å²) in [5.41, 5.74) is 0. The average molecular weight is 175 g/mol. The second kappa shape index (κ2) is 3.39. The summed E-state index contributed by atoms with van der Waals surface area (Å²) >= 11 is 5.45. The molecule has 1 unspecified atom stereocenters. The highest BCUT2D eigenvalue weighted by Crippen LogP contribution is 1.99. The van der Waals surface area contributed by atoms with E-state index in [1.165, 1.54) is 4.68 Å². The van der Waals surface area contributed by atoms with Gasteiger partial charge in [-0.2, -0.15) is 5.10 Å². The molecule has 0 bridgehead atoms. The first-order valence-electron chi connectivity index (χ1n) is 3.04. The van der Waals surface area contributed by atoms with Gasteiger partial charge in [-0.1, -0.05) is 0 Å². The third-order valence-corrected chi connectivity index (χ3v) is 1.50. The first kappa shape index (κ1) is 8.07. The van der Waals surface area contributed by atoms with Crippen LogP contribution in [0, 0.1) is 0 Å². The largest absolute Gasteiger partial charge is 0.480 e. The molecule has 0 saturated carbocycles. The van der Waals surface area contributed by atoms with Crippen molar-refractivity contribution in [3.8, 4) is 0 Å². The Morgan fingerprint density at radius 1 is 1.82 bits per heavy atom. The Labute approximate surface area is 68.4 Å². The van der Waals surface area contributed by atoms with Crippen molar-refractivity contribution in [1.82, 2.24) is 9.78 Å².